The Labute approximate surface area is 254 Å². The normalized spacial score (nSPS) is 15.7. The van der Waals surface area contributed by atoms with Crippen LogP contribution < -0.4 is 10.6 Å². The molecule has 1 heterocycles. The molecule has 0 bridgehead atoms. The van der Waals surface area contributed by atoms with Gasteiger partial charge in [0, 0.05) is 5.56 Å². The number of esters is 2. The number of hydrogen-bond donors (Lipinski definition) is 1. The van der Waals surface area contributed by atoms with Crippen molar-refractivity contribution in [1.82, 2.24) is 0 Å². The van der Waals surface area contributed by atoms with Crippen molar-refractivity contribution in [3.05, 3.63) is 112 Å². The van der Waals surface area contributed by atoms with Gasteiger partial charge in [0.25, 0.3) is 0 Å². The Bertz CT molecular complexity index is 1650. The number of nitrogens with zero attached hydrogens (tertiary/aromatic N) is 2. The molecule has 1 atom stereocenters. The highest BCUT2D eigenvalue weighted by molar-refractivity contribution is 6.07. The fraction of sp³-hybridized carbons (Fsp3) is 0.306. The number of nitriles is 1. The van der Waals surface area contributed by atoms with Crippen molar-refractivity contribution in [2.45, 2.75) is 58.3 Å². The molecule has 43 heavy (non-hydrogen) atoms. The third-order valence-corrected chi connectivity index (χ3v) is 7.78. The van der Waals surface area contributed by atoms with Gasteiger partial charge in [-0.05, 0) is 39.2 Å². The highest BCUT2D eigenvalue weighted by Gasteiger charge is 2.43. The van der Waals surface area contributed by atoms with Crippen LogP contribution in [0.1, 0.15) is 64.2 Å². The first kappa shape index (κ1) is 31.1. The second-order valence-electron chi connectivity index (χ2n) is 12.6. The molecule has 0 spiro atoms. The van der Waals surface area contributed by atoms with Gasteiger partial charge in [0.1, 0.15) is 11.5 Å². The lowest BCUT2D eigenvalue weighted by atomic mass is 9.80. The lowest BCUT2D eigenvalue weighted by Gasteiger charge is -2.37. The first-order valence-electron chi connectivity index (χ1n) is 14.2. The summed E-state index contributed by atoms with van der Waals surface area (Å²) in [5.41, 5.74) is 11.5. The monoisotopic (exact) mass is 577 g/mol. The molecule has 3 aromatic rings. The molecule has 7 heteroatoms. The predicted octanol–water partition coefficient (Wildman–Crippen LogP) is 6.85. The fourth-order valence-corrected chi connectivity index (χ4v) is 5.34. The zero-order valence-electron chi connectivity index (χ0n) is 26.1. The Morgan fingerprint density at radius 1 is 0.814 bits per heavy atom. The van der Waals surface area contributed by atoms with Gasteiger partial charge >= 0.3 is 11.9 Å². The van der Waals surface area contributed by atoms with Crippen LogP contribution in [-0.2, 0) is 29.9 Å². The predicted molar refractivity (Wildman–Crippen MR) is 169 cm³/mol. The van der Waals surface area contributed by atoms with E-state index in [1.54, 1.807) is 24.3 Å². The van der Waals surface area contributed by atoms with Gasteiger partial charge in [0.15, 0.2) is 0 Å². The molecule has 0 aromatic heterocycles. The minimum absolute atomic E-state index is 0.0264. The maximum atomic E-state index is 13.7. The van der Waals surface area contributed by atoms with Gasteiger partial charge in [-0.2, -0.15) is 5.26 Å². The number of carbonyl (C=O) groups is 2. The Hall–Kier alpha value is -4.83. The van der Waals surface area contributed by atoms with Crippen molar-refractivity contribution in [3.63, 3.8) is 0 Å². The number of methoxy groups -OCH3 is 2. The molecule has 3 aromatic carbocycles. The van der Waals surface area contributed by atoms with E-state index in [-0.39, 0.29) is 33.5 Å². The SMILES string of the molecule is COC(=O)C1=C(C(=O)OC)N(c2cc(C(C)(C)C)ccc2-c2ccc(C(C)(C)C)cc2)C(N)=C(C#N)C1c1ccccc1. The average Bonchev–Trinajstić information content (AvgIpc) is 2.99. The third kappa shape index (κ3) is 5.91. The lowest BCUT2D eigenvalue weighted by Crippen LogP contribution is -2.41. The maximum absolute atomic E-state index is 13.7. The summed E-state index contributed by atoms with van der Waals surface area (Å²) in [6, 6.07) is 25.4. The number of nitrogens with two attached hydrogens (primary N) is 1. The third-order valence-electron chi connectivity index (χ3n) is 7.78. The molecule has 0 saturated heterocycles. The van der Waals surface area contributed by atoms with Gasteiger partial charge in [-0.15, -0.1) is 0 Å². The van der Waals surface area contributed by atoms with E-state index in [0.29, 0.717) is 11.3 Å². The minimum atomic E-state index is -0.940. The number of hydrogen-bond acceptors (Lipinski definition) is 7. The van der Waals surface area contributed by atoms with Gasteiger partial charge in [-0.25, -0.2) is 9.59 Å². The van der Waals surface area contributed by atoms with E-state index in [4.69, 9.17) is 15.2 Å². The van der Waals surface area contributed by atoms with Crippen LogP contribution >= 0.6 is 0 Å². The number of anilines is 1. The first-order valence-corrected chi connectivity index (χ1v) is 14.2. The number of allylic oxidation sites excluding steroid dienone is 1. The Kier molecular flexibility index (Phi) is 8.54. The Morgan fingerprint density at radius 2 is 1.37 bits per heavy atom. The highest BCUT2D eigenvalue weighted by atomic mass is 16.5. The molecular weight excluding hydrogens is 538 g/mol. The summed E-state index contributed by atoms with van der Waals surface area (Å²) in [5.74, 6) is -2.45. The van der Waals surface area contributed by atoms with Crippen LogP contribution in [0.5, 0.6) is 0 Å². The summed E-state index contributed by atoms with van der Waals surface area (Å²) in [7, 11) is 2.49. The molecule has 4 rings (SSSR count). The van der Waals surface area contributed by atoms with E-state index in [0.717, 1.165) is 16.7 Å². The van der Waals surface area contributed by atoms with Gasteiger partial charge in [0.2, 0.25) is 0 Å². The van der Waals surface area contributed by atoms with E-state index < -0.39 is 17.9 Å². The Morgan fingerprint density at radius 3 is 1.88 bits per heavy atom. The maximum Gasteiger partial charge on any atom is 0.355 e. The first-order chi connectivity index (χ1) is 20.2. The van der Waals surface area contributed by atoms with Crippen molar-refractivity contribution in [2.75, 3.05) is 19.1 Å². The summed E-state index contributed by atoms with van der Waals surface area (Å²) in [6.45, 7) is 12.7. The summed E-state index contributed by atoms with van der Waals surface area (Å²) < 4.78 is 10.5. The van der Waals surface area contributed by atoms with Crippen molar-refractivity contribution in [1.29, 1.82) is 5.26 Å². The van der Waals surface area contributed by atoms with Crippen LogP contribution in [0.4, 0.5) is 5.69 Å². The highest BCUT2D eigenvalue weighted by Crippen LogP contribution is 2.46. The van der Waals surface area contributed by atoms with Crippen molar-refractivity contribution < 1.29 is 19.1 Å². The van der Waals surface area contributed by atoms with Crippen LogP contribution in [0.25, 0.3) is 11.1 Å². The van der Waals surface area contributed by atoms with Crippen molar-refractivity contribution >= 4 is 17.6 Å². The fourth-order valence-electron chi connectivity index (χ4n) is 5.34. The molecule has 2 N–H and O–H groups in total. The molecule has 0 amide bonds. The largest absolute Gasteiger partial charge is 0.466 e. The summed E-state index contributed by atoms with van der Waals surface area (Å²) in [4.78, 5) is 28.7. The van der Waals surface area contributed by atoms with E-state index >= 15 is 0 Å². The molecule has 0 saturated carbocycles. The summed E-state index contributed by atoms with van der Waals surface area (Å²) >= 11 is 0. The van der Waals surface area contributed by atoms with E-state index in [1.807, 2.05) is 36.4 Å². The number of ether oxygens (including phenoxy) is 2. The molecule has 222 valence electrons. The molecule has 0 aliphatic carbocycles. The molecule has 1 aliphatic heterocycles. The van der Waals surface area contributed by atoms with Crippen LogP contribution in [0.15, 0.2) is 95.5 Å². The summed E-state index contributed by atoms with van der Waals surface area (Å²) in [6.07, 6.45) is 0. The van der Waals surface area contributed by atoms with Crippen LogP contribution in [0.3, 0.4) is 0 Å². The topological polar surface area (TPSA) is 106 Å². The second kappa shape index (κ2) is 11.8. The zero-order valence-corrected chi connectivity index (χ0v) is 26.1. The number of rotatable bonds is 5. The molecule has 1 aliphatic rings. The average molecular weight is 578 g/mol. The zero-order chi connectivity index (χ0) is 31.7. The minimum Gasteiger partial charge on any atom is -0.466 e. The van der Waals surface area contributed by atoms with Crippen molar-refractivity contribution in [3.8, 4) is 17.2 Å². The standard InChI is InChI=1S/C36H39N3O4/c1-35(2,3)24-16-14-22(15-17-24)26-19-18-25(36(4,5)6)20-28(26)39-31(34(41)43-8)30(33(40)42-7)29(27(21-37)32(39)38)23-12-10-9-11-13-23/h9-20,29H,38H2,1-8H3. The van der Waals surface area contributed by atoms with Gasteiger partial charge in [-0.1, -0.05) is 108 Å². The number of benzene rings is 3. The van der Waals surface area contributed by atoms with Gasteiger partial charge < -0.3 is 15.2 Å². The molecule has 0 fully saturated rings. The molecule has 7 nitrogen and oxygen atoms in total. The van der Waals surface area contributed by atoms with Crippen LogP contribution in [-0.4, -0.2) is 26.2 Å². The molecule has 1 unspecified atom stereocenters. The summed E-state index contributed by atoms with van der Waals surface area (Å²) in [5, 5.41) is 10.5. The van der Waals surface area contributed by atoms with Crippen LogP contribution in [0, 0.1) is 11.3 Å². The quantitative estimate of drug-likeness (QED) is 0.331. The number of carbonyl (C=O) groups excluding carboxylic acids is 2. The van der Waals surface area contributed by atoms with E-state index in [2.05, 4.69) is 59.7 Å². The van der Waals surface area contributed by atoms with Gasteiger partial charge in [0.05, 0.1) is 43.0 Å². The van der Waals surface area contributed by atoms with Crippen molar-refractivity contribution in [2.24, 2.45) is 5.73 Å². The molecule has 0 radical (unpaired) electrons. The van der Waals surface area contributed by atoms with E-state index in [9.17, 15) is 14.9 Å². The van der Waals surface area contributed by atoms with Crippen LogP contribution in [0.2, 0.25) is 0 Å². The smallest absolute Gasteiger partial charge is 0.355 e. The lowest BCUT2D eigenvalue weighted by molar-refractivity contribution is -0.139. The van der Waals surface area contributed by atoms with Gasteiger partial charge in [-0.3, -0.25) is 4.90 Å². The second-order valence-corrected chi connectivity index (χ2v) is 12.6. The molecular formula is C36H39N3O4. The Balaban J connectivity index is 2.13. The van der Waals surface area contributed by atoms with E-state index in [1.165, 1.54) is 24.7 Å².